The van der Waals surface area contributed by atoms with Crippen LogP contribution in [0.3, 0.4) is 0 Å². The van der Waals surface area contributed by atoms with Gasteiger partial charge in [-0.05, 0) is 47.6 Å². The Morgan fingerprint density at radius 3 is 2.26 bits per heavy atom. The number of hydrogen-bond acceptors (Lipinski definition) is 4. The van der Waals surface area contributed by atoms with Gasteiger partial charge in [0.2, 0.25) is 0 Å². The summed E-state index contributed by atoms with van der Waals surface area (Å²) in [6, 6.07) is 25.7. The van der Waals surface area contributed by atoms with Crippen molar-refractivity contribution in [2.45, 2.75) is 0 Å². The zero-order chi connectivity index (χ0) is 18.6. The molecule has 3 aromatic carbocycles. The van der Waals surface area contributed by atoms with Crippen LogP contribution in [0.4, 0.5) is 5.69 Å². The summed E-state index contributed by atoms with van der Waals surface area (Å²) in [7, 11) is 0. The molecule has 4 nitrogen and oxygen atoms in total. The molecule has 0 spiro atoms. The van der Waals surface area contributed by atoms with Crippen molar-refractivity contribution in [2.75, 3.05) is 5.32 Å². The van der Waals surface area contributed by atoms with Crippen molar-refractivity contribution in [1.29, 1.82) is 0 Å². The highest BCUT2D eigenvalue weighted by Crippen LogP contribution is 2.22. The summed E-state index contributed by atoms with van der Waals surface area (Å²) in [5, 5.41) is 6.34. The molecule has 1 aromatic heterocycles. The Kier molecular flexibility index (Phi) is 4.91. The number of fused-ring (bicyclic) bond motifs is 1. The average Bonchev–Trinajstić information content (AvgIpc) is 3.14. The summed E-state index contributed by atoms with van der Waals surface area (Å²) in [4.78, 5) is 16.7. The minimum atomic E-state index is -0.311. The number of thiocarbonyl (C=S) groups is 1. The number of para-hydroxylation sites is 1. The van der Waals surface area contributed by atoms with Gasteiger partial charge in [-0.1, -0.05) is 54.6 Å². The van der Waals surface area contributed by atoms with Gasteiger partial charge in [-0.2, -0.15) is 0 Å². The Labute approximate surface area is 165 Å². The second kappa shape index (κ2) is 7.65. The summed E-state index contributed by atoms with van der Waals surface area (Å²) < 4.78 is 0.970. The van der Waals surface area contributed by atoms with Crippen molar-refractivity contribution in [3.63, 3.8) is 0 Å². The fraction of sp³-hybridized carbons (Fsp3) is 0. The second-order valence-corrected chi connectivity index (χ2v) is 7.28. The van der Waals surface area contributed by atoms with Gasteiger partial charge >= 0.3 is 0 Å². The van der Waals surface area contributed by atoms with E-state index >= 15 is 0 Å². The molecule has 4 rings (SSSR count). The van der Waals surface area contributed by atoms with Gasteiger partial charge in [-0.3, -0.25) is 10.1 Å². The van der Waals surface area contributed by atoms with Gasteiger partial charge in [-0.25, -0.2) is 4.98 Å². The minimum absolute atomic E-state index is 0.242. The molecular weight excluding hydrogens is 374 g/mol. The molecule has 0 bridgehead atoms. The maximum atomic E-state index is 12.4. The van der Waals surface area contributed by atoms with E-state index in [0.717, 1.165) is 27.0 Å². The fourth-order valence-electron chi connectivity index (χ4n) is 2.66. The minimum Gasteiger partial charge on any atom is -0.332 e. The lowest BCUT2D eigenvalue weighted by Crippen LogP contribution is -2.34. The van der Waals surface area contributed by atoms with Crippen molar-refractivity contribution in [3.8, 4) is 11.1 Å². The van der Waals surface area contributed by atoms with Crippen molar-refractivity contribution >= 4 is 50.5 Å². The van der Waals surface area contributed by atoms with E-state index in [1.54, 1.807) is 0 Å². The van der Waals surface area contributed by atoms with E-state index in [2.05, 4.69) is 27.8 Å². The lowest BCUT2D eigenvalue weighted by atomic mass is 10.1. The molecule has 1 heterocycles. The van der Waals surface area contributed by atoms with E-state index in [0.29, 0.717) is 5.01 Å². The molecule has 0 atom stereocenters. The molecule has 2 N–H and O–H groups in total. The molecular formula is C21H15N3OS2. The van der Waals surface area contributed by atoms with E-state index in [-0.39, 0.29) is 11.0 Å². The highest BCUT2D eigenvalue weighted by atomic mass is 32.1. The second-order valence-electron chi connectivity index (χ2n) is 5.84. The summed E-state index contributed by atoms with van der Waals surface area (Å²) in [6.07, 6.45) is 0. The van der Waals surface area contributed by atoms with Gasteiger partial charge in [0.05, 0.1) is 10.2 Å². The maximum absolute atomic E-state index is 12.4. The first-order chi connectivity index (χ1) is 13.2. The molecule has 4 aromatic rings. The molecule has 0 radical (unpaired) electrons. The number of thiazole rings is 1. The van der Waals surface area contributed by atoms with Crippen molar-refractivity contribution < 1.29 is 4.79 Å². The van der Waals surface area contributed by atoms with Gasteiger partial charge in [0.25, 0.3) is 5.91 Å². The first-order valence-electron chi connectivity index (χ1n) is 8.32. The van der Waals surface area contributed by atoms with Gasteiger partial charge in [0.15, 0.2) is 10.1 Å². The number of nitrogens with one attached hydrogen (secondary N) is 2. The molecule has 0 aliphatic carbocycles. The van der Waals surface area contributed by atoms with Crippen LogP contribution in [0.5, 0.6) is 0 Å². The van der Waals surface area contributed by atoms with E-state index < -0.39 is 0 Å². The zero-order valence-corrected chi connectivity index (χ0v) is 15.8. The highest BCUT2D eigenvalue weighted by molar-refractivity contribution is 7.80. The SMILES string of the molecule is O=C(NC(=S)Nc1ccc(-c2ccccc2)cc1)c1nc2ccccc2s1. The van der Waals surface area contributed by atoms with Crippen LogP contribution in [0.2, 0.25) is 0 Å². The van der Waals surface area contributed by atoms with Crippen molar-refractivity contribution in [2.24, 2.45) is 0 Å². The topological polar surface area (TPSA) is 54.0 Å². The number of anilines is 1. The molecule has 1 amide bonds. The predicted octanol–water partition coefficient (Wildman–Crippen LogP) is 5.09. The number of rotatable bonds is 3. The number of hydrogen-bond donors (Lipinski definition) is 2. The largest absolute Gasteiger partial charge is 0.332 e. The molecule has 0 aliphatic rings. The van der Waals surface area contributed by atoms with Gasteiger partial charge < -0.3 is 5.32 Å². The van der Waals surface area contributed by atoms with Crippen LogP contribution in [-0.4, -0.2) is 16.0 Å². The molecule has 27 heavy (non-hydrogen) atoms. The van der Waals surface area contributed by atoms with Crippen LogP contribution in [0, 0.1) is 0 Å². The third kappa shape index (κ3) is 4.02. The Bertz CT molecular complexity index is 1070. The van der Waals surface area contributed by atoms with Crippen LogP contribution in [0.15, 0.2) is 78.9 Å². The Morgan fingerprint density at radius 2 is 1.52 bits per heavy atom. The Morgan fingerprint density at radius 1 is 0.852 bits per heavy atom. The number of aromatic nitrogens is 1. The number of nitrogens with zero attached hydrogens (tertiary/aromatic N) is 1. The smallest absolute Gasteiger partial charge is 0.286 e. The average molecular weight is 390 g/mol. The lowest BCUT2D eigenvalue weighted by Gasteiger charge is -2.09. The number of amides is 1. The number of benzene rings is 3. The van der Waals surface area contributed by atoms with E-state index in [4.69, 9.17) is 12.2 Å². The van der Waals surface area contributed by atoms with Crippen LogP contribution >= 0.6 is 23.6 Å². The van der Waals surface area contributed by atoms with Crippen molar-refractivity contribution in [1.82, 2.24) is 10.3 Å². The molecule has 0 saturated carbocycles. The summed E-state index contributed by atoms with van der Waals surface area (Å²) in [5.41, 5.74) is 3.88. The third-order valence-corrected chi connectivity index (χ3v) is 5.20. The first-order valence-corrected chi connectivity index (χ1v) is 9.55. The van der Waals surface area contributed by atoms with Crippen LogP contribution in [0.1, 0.15) is 9.80 Å². The summed E-state index contributed by atoms with van der Waals surface area (Å²) >= 11 is 6.60. The first kappa shape index (κ1) is 17.3. The molecule has 0 unspecified atom stereocenters. The summed E-state index contributed by atoms with van der Waals surface area (Å²) in [6.45, 7) is 0. The molecule has 0 fully saturated rings. The Balaban J connectivity index is 1.41. The zero-order valence-electron chi connectivity index (χ0n) is 14.2. The number of carbonyl (C=O) groups excluding carboxylic acids is 1. The monoisotopic (exact) mass is 389 g/mol. The fourth-order valence-corrected chi connectivity index (χ4v) is 3.74. The number of carbonyl (C=O) groups is 1. The van der Waals surface area contributed by atoms with Crippen LogP contribution in [0.25, 0.3) is 21.3 Å². The predicted molar refractivity (Wildman–Crippen MR) is 115 cm³/mol. The Hall–Kier alpha value is -3.09. The molecule has 132 valence electrons. The van der Waals surface area contributed by atoms with Gasteiger partial charge in [-0.15, -0.1) is 11.3 Å². The lowest BCUT2D eigenvalue weighted by molar-refractivity contribution is 0.0977. The van der Waals surface area contributed by atoms with Crippen LogP contribution < -0.4 is 10.6 Å². The van der Waals surface area contributed by atoms with Crippen LogP contribution in [-0.2, 0) is 0 Å². The molecule has 0 saturated heterocycles. The van der Waals surface area contributed by atoms with Gasteiger partial charge in [0.1, 0.15) is 0 Å². The third-order valence-electron chi connectivity index (χ3n) is 3.97. The van der Waals surface area contributed by atoms with E-state index in [1.807, 2.05) is 66.7 Å². The van der Waals surface area contributed by atoms with E-state index in [1.165, 1.54) is 11.3 Å². The molecule has 6 heteroatoms. The highest BCUT2D eigenvalue weighted by Gasteiger charge is 2.13. The van der Waals surface area contributed by atoms with E-state index in [9.17, 15) is 4.79 Å². The quantitative estimate of drug-likeness (QED) is 0.479. The molecule has 0 aliphatic heterocycles. The standard InChI is InChI=1S/C21H15N3OS2/c25-19(20-23-17-8-4-5-9-18(17)27-20)24-21(26)22-16-12-10-15(11-13-16)14-6-2-1-3-7-14/h1-13H,(H2,22,24,25,26). The summed E-state index contributed by atoms with van der Waals surface area (Å²) in [5.74, 6) is -0.311. The van der Waals surface area contributed by atoms with Gasteiger partial charge in [0, 0.05) is 5.69 Å². The van der Waals surface area contributed by atoms with Crippen molar-refractivity contribution in [3.05, 3.63) is 83.9 Å². The maximum Gasteiger partial charge on any atom is 0.286 e. The normalized spacial score (nSPS) is 10.5.